The van der Waals surface area contributed by atoms with E-state index in [4.69, 9.17) is 0 Å². The highest BCUT2D eigenvalue weighted by atomic mass is 16.3. The number of hydrogen-bond acceptors (Lipinski definition) is 8. The van der Waals surface area contributed by atoms with E-state index in [0.717, 1.165) is 0 Å². The van der Waals surface area contributed by atoms with Crippen molar-refractivity contribution in [3.05, 3.63) is 0 Å². The van der Waals surface area contributed by atoms with Crippen LogP contribution >= 0.6 is 0 Å². The van der Waals surface area contributed by atoms with Gasteiger partial charge in [-0.25, -0.2) is 4.90 Å². The Morgan fingerprint density at radius 2 is 0.674 bits per heavy atom. The molecule has 0 aliphatic rings. The number of hydrogen-bond donors (Lipinski definition) is 2. The SMILES string of the molecule is CN(CO)CN(CNC(N(C(C)(C)C)C(C)(C)C)N(C(C)(C)C)C(C)(C)C)C(N(C(C)(C)C)C(C)(C)C)N(C(C)(C)C)C(C)(C)C. The van der Waals surface area contributed by atoms with Crippen LogP contribution in [0.25, 0.3) is 0 Å². The summed E-state index contributed by atoms with van der Waals surface area (Å²) in [6, 6.07) is 0. The van der Waals surface area contributed by atoms with Crippen LogP contribution < -0.4 is 5.32 Å². The van der Waals surface area contributed by atoms with E-state index in [1.807, 2.05) is 11.9 Å². The molecule has 0 aliphatic heterocycles. The molecule has 0 atom stereocenters. The fraction of sp³-hybridized carbons (Fsp3) is 1.00. The van der Waals surface area contributed by atoms with E-state index in [1.54, 1.807) is 0 Å². The van der Waals surface area contributed by atoms with Gasteiger partial charge < -0.3 is 5.11 Å². The molecule has 0 heterocycles. The van der Waals surface area contributed by atoms with Crippen LogP contribution in [0.3, 0.4) is 0 Å². The summed E-state index contributed by atoms with van der Waals surface area (Å²) in [5, 5.41) is 14.6. The Hall–Kier alpha value is -0.320. The molecule has 0 saturated heterocycles. The normalized spacial score (nSPS) is 15.8. The monoisotopic (exact) mass is 656 g/mol. The highest BCUT2D eigenvalue weighted by molar-refractivity contribution is 5.01. The first-order valence-electron chi connectivity index (χ1n) is 17.8. The minimum atomic E-state index is -0.154. The number of aliphatic hydroxyl groups is 1. The van der Waals surface area contributed by atoms with Gasteiger partial charge in [0.05, 0.1) is 20.1 Å². The van der Waals surface area contributed by atoms with E-state index >= 15 is 0 Å². The lowest BCUT2D eigenvalue weighted by atomic mass is 9.91. The summed E-state index contributed by atoms with van der Waals surface area (Å²) in [5.74, 6) is 0. The summed E-state index contributed by atoms with van der Waals surface area (Å²) in [5.41, 5.74) is -1.11. The van der Waals surface area contributed by atoms with Crippen LogP contribution in [0.1, 0.15) is 166 Å². The van der Waals surface area contributed by atoms with Crippen molar-refractivity contribution in [3.8, 4) is 0 Å². The molecule has 0 saturated carbocycles. The molecule has 8 nitrogen and oxygen atoms in total. The van der Waals surface area contributed by atoms with Crippen molar-refractivity contribution in [1.29, 1.82) is 0 Å². The molecular formula is C38H85N7O. The summed E-state index contributed by atoms with van der Waals surface area (Å²) < 4.78 is 0. The van der Waals surface area contributed by atoms with Crippen molar-refractivity contribution in [2.45, 2.75) is 223 Å². The van der Waals surface area contributed by atoms with Gasteiger partial charge in [-0.3, -0.25) is 29.8 Å². The maximum Gasteiger partial charge on any atom is 0.123 e. The van der Waals surface area contributed by atoms with Gasteiger partial charge in [-0.05, 0) is 173 Å². The van der Waals surface area contributed by atoms with Gasteiger partial charge in [0.2, 0.25) is 0 Å². The quantitative estimate of drug-likeness (QED) is 0.219. The summed E-state index contributed by atoms with van der Waals surface area (Å²) in [6.07, 6.45) is -0.185. The Labute approximate surface area is 289 Å². The molecule has 0 amide bonds. The van der Waals surface area contributed by atoms with Crippen LogP contribution in [0, 0.1) is 0 Å². The fourth-order valence-corrected chi connectivity index (χ4v) is 8.38. The van der Waals surface area contributed by atoms with E-state index in [0.29, 0.717) is 13.3 Å². The van der Waals surface area contributed by atoms with Crippen LogP contribution in [-0.4, -0.2) is 119 Å². The van der Waals surface area contributed by atoms with Crippen LogP contribution in [0.4, 0.5) is 0 Å². The Bertz CT molecular complexity index is 789. The highest BCUT2D eigenvalue weighted by Crippen LogP contribution is 2.39. The van der Waals surface area contributed by atoms with E-state index in [1.165, 1.54) is 0 Å². The Morgan fingerprint density at radius 3 is 0.870 bits per heavy atom. The number of rotatable bonds is 11. The third-order valence-electron chi connectivity index (χ3n) is 8.20. The van der Waals surface area contributed by atoms with Crippen LogP contribution in [0.15, 0.2) is 0 Å². The molecule has 46 heavy (non-hydrogen) atoms. The summed E-state index contributed by atoms with van der Waals surface area (Å²) in [4.78, 5) is 15.2. The third-order valence-corrected chi connectivity index (χ3v) is 8.20. The molecule has 8 heteroatoms. The zero-order valence-electron chi connectivity index (χ0n) is 35.9. The first kappa shape index (κ1) is 45.7. The van der Waals surface area contributed by atoms with E-state index in [2.05, 4.69) is 196 Å². The van der Waals surface area contributed by atoms with Gasteiger partial charge in [0.15, 0.2) is 0 Å². The van der Waals surface area contributed by atoms with Gasteiger partial charge >= 0.3 is 0 Å². The molecule has 0 bridgehead atoms. The van der Waals surface area contributed by atoms with Gasteiger partial charge in [0, 0.05) is 44.3 Å². The lowest BCUT2D eigenvalue weighted by Gasteiger charge is -2.62. The van der Waals surface area contributed by atoms with Crippen molar-refractivity contribution in [1.82, 2.24) is 34.7 Å². The molecule has 0 unspecified atom stereocenters. The molecule has 0 rings (SSSR count). The molecule has 0 radical (unpaired) electrons. The van der Waals surface area contributed by atoms with Gasteiger partial charge in [-0.2, -0.15) is 0 Å². The molecule has 0 aromatic heterocycles. The fourth-order valence-electron chi connectivity index (χ4n) is 8.38. The van der Waals surface area contributed by atoms with Crippen molar-refractivity contribution in [2.24, 2.45) is 0 Å². The molecule has 2 N–H and O–H groups in total. The van der Waals surface area contributed by atoms with Gasteiger partial charge in [0.25, 0.3) is 0 Å². The predicted molar refractivity (Wildman–Crippen MR) is 203 cm³/mol. The second-order valence-electron chi connectivity index (χ2n) is 21.7. The zero-order chi connectivity index (χ0) is 37.4. The molecular weight excluding hydrogens is 570 g/mol. The summed E-state index contributed by atoms with van der Waals surface area (Å²) in [6.45, 7) is 57.2. The van der Waals surface area contributed by atoms with Crippen LogP contribution in [0.2, 0.25) is 0 Å². The molecule has 0 fully saturated rings. The Kier molecular flexibility index (Phi) is 14.8. The second-order valence-corrected chi connectivity index (χ2v) is 21.7. The maximum atomic E-state index is 10.4. The Balaban J connectivity index is 7.96. The van der Waals surface area contributed by atoms with Crippen LogP contribution in [0.5, 0.6) is 0 Å². The minimum Gasteiger partial charge on any atom is -0.381 e. The smallest absolute Gasteiger partial charge is 0.123 e. The molecule has 0 aliphatic carbocycles. The molecule has 0 spiro atoms. The summed E-state index contributed by atoms with van der Waals surface area (Å²) >= 11 is 0. The lowest BCUT2D eigenvalue weighted by Crippen LogP contribution is -2.77. The lowest BCUT2D eigenvalue weighted by molar-refractivity contribution is -0.214. The number of nitrogens with one attached hydrogen (secondary N) is 1. The van der Waals surface area contributed by atoms with Gasteiger partial charge in [-0.1, -0.05) is 0 Å². The predicted octanol–water partition coefficient (Wildman–Crippen LogP) is 7.84. The standard InChI is InChI=1S/C38H85N7O/c1-31(2,3)42(32(4,5)6)29(43(33(7,8)9)34(10,11)12)39-26-41(27-40(25)28-46)30(44(35(13,14)15)36(16,17)18)45(37(19,20)21)38(22,23)24/h29-30,39,46H,26-28H2,1-25H3. The van der Waals surface area contributed by atoms with Crippen molar-refractivity contribution >= 4 is 0 Å². The third kappa shape index (κ3) is 12.9. The summed E-state index contributed by atoms with van der Waals surface area (Å²) in [7, 11) is 2.01. The van der Waals surface area contributed by atoms with Gasteiger partial charge in [0.1, 0.15) is 12.6 Å². The van der Waals surface area contributed by atoms with Gasteiger partial charge in [-0.15, -0.1) is 0 Å². The average Bonchev–Trinajstić information content (AvgIpc) is 2.67. The van der Waals surface area contributed by atoms with E-state index in [9.17, 15) is 5.11 Å². The van der Waals surface area contributed by atoms with E-state index < -0.39 is 0 Å². The average molecular weight is 656 g/mol. The second kappa shape index (κ2) is 14.9. The number of nitrogens with zero attached hydrogens (tertiary/aromatic N) is 6. The first-order chi connectivity index (χ1) is 19.8. The Morgan fingerprint density at radius 1 is 0.435 bits per heavy atom. The van der Waals surface area contributed by atoms with Crippen molar-refractivity contribution in [2.75, 3.05) is 27.1 Å². The highest BCUT2D eigenvalue weighted by Gasteiger charge is 2.50. The van der Waals surface area contributed by atoms with Crippen LogP contribution in [-0.2, 0) is 0 Å². The van der Waals surface area contributed by atoms with Crippen molar-refractivity contribution < 1.29 is 5.11 Å². The number of aliphatic hydroxyl groups excluding tert-OH is 1. The largest absolute Gasteiger partial charge is 0.381 e. The zero-order valence-corrected chi connectivity index (χ0v) is 35.9. The van der Waals surface area contributed by atoms with E-state index in [-0.39, 0.29) is 63.6 Å². The first-order valence-corrected chi connectivity index (χ1v) is 17.8. The molecule has 0 aromatic rings. The topological polar surface area (TPSA) is 51.7 Å². The minimum absolute atomic E-state index is 0.0189. The maximum absolute atomic E-state index is 10.4. The van der Waals surface area contributed by atoms with Crippen molar-refractivity contribution in [3.63, 3.8) is 0 Å². The molecule has 0 aromatic carbocycles. The molecule has 278 valence electrons.